The highest BCUT2D eigenvalue weighted by molar-refractivity contribution is 5.95. The molecule has 2 aromatic carbocycles. The van der Waals surface area contributed by atoms with Crippen LogP contribution in [0, 0.1) is 12.7 Å². The molecule has 0 bridgehead atoms. The highest BCUT2D eigenvalue weighted by atomic mass is 19.1. The first-order valence-electron chi connectivity index (χ1n) is 10.3. The molecule has 6 nitrogen and oxygen atoms in total. The Morgan fingerprint density at radius 3 is 2.58 bits per heavy atom. The van der Waals surface area contributed by atoms with Crippen molar-refractivity contribution in [1.82, 2.24) is 15.1 Å². The van der Waals surface area contributed by atoms with Gasteiger partial charge in [0.05, 0.1) is 24.6 Å². The lowest BCUT2D eigenvalue weighted by Crippen LogP contribution is -2.44. The van der Waals surface area contributed by atoms with Crippen molar-refractivity contribution in [2.75, 3.05) is 26.9 Å². The van der Waals surface area contributed by atoms with Crippen molar-refractivity contribution in [1.29, 1.82) is 0 Å². The number of benzene rings is 2. The Kier molecular flexibility index (Phi) is 6.04. The summed E-state index contributed by atoms with van der Waals surface area (Å²) in [6.45, 7) is 3.53. The van der Waals surface area contributed by atoms with Crippen molar-refractivity contribution in [3.63, 3.8) is 0 Å². The Balaban J connectivity index is 1.54. The fourth-order valence-corrected chi connectivity index (χ4v) is 4.12. The Bertz CT molecular complexity index is 1060. The number of nitrogens with one attached hydrogen (secondary N) is 1. The number of carbonyl (C=O) groups is 1. The lowest BCUT2D eigenvalue weighted by atomic mass is 9.74. The first-order chi connectivity index (χ1) is 15.0. The summed E-state index contributed by atoms with van der Waals surface area (Å²) in [4.78, 5) is 13.0. The maximum atomic E-state index is 14.2. The topological polar surface area (TPSA) is 65.4 Å². The smallest absolute Gasteiger partial charge is 0.254 e. The van der Waals surface area contributed by atoms with Crippen LogP contribution in [-0.4, -0.2) is 42.6 Å². The maximum Gasteiger partial charge on any atom is 0.254 e. The van der Waals surface area contributed by atoms with Gasteiger partial charge in [-0.15, -0.1) is 0 Å². The number of para-hydroxylation sites is 1. The minimum Gasteiger partial charge on any atom is -0.497 e. The van der Waals surface area contributed by atoms with Crippen LogP contribution in [0.4, 0.5) is 4.39 Å². The number of ether oxygens (including phenoxy) is 2. The van der Waals surface area contributed by atoms with Gasteiger partial charge in [0.2, 0.25) is 0 Å². The van der Waals surface area contributed by atoms with E-state index in [1.54, 1.807) is 32.2 Å². The van der Waals surface area contributed by atoms with Gasteiger partial charge in [-0.25, -0.2) is 9.07 Å². The number of carbonyl (C=O) groups excluding carboxylic acids is 1. The Hall–Kier alpha value is -3.19. The molecule has 162 valence electrons. The predicted octanol–water partition coefficient (Wildman–Crippen LogP) is 3.81. The van der Waals surface area contributed by atoms with E-state index in [4.69, 9.17) is 9.47 Å². The second-order valence-electron chi connectivity index (χ2n) is 7.81. The van der Waals surface area contributed by atoms with Crippen molar-refractivity contribution in [3.05, 3.63) is 77.4 Å². The largest absolute Gasteiger partial charge is 0.497 e. The van der Waals surface area contributed by atoms with Crippen LogP contribution in [-0.2, 0) is 10.2 Å². The summed E-state index contributed by atoms with van der Waals surface area (Å²) < 4.78 is 26.5. The van der Waals surface area contributed by atoms with E-state index < -0.39 is 0 Å². The molecule has 0 spiro atoms. The molecule has 7 heteroatoms. The molecule has 0 saturated carbocycles. The van der Waals surface area contributed by atoms with Crippen LogP contribution in [0.1, 0.15) is 34.5 Å². The summed E-state index contributed by atoms with van der Waals surface area (Å²) in [5.41, 5.74) is 2.28. The molecule has 0 unspecified atom stereocenters. The van der Waals surface area contributed by atoms with Crippen LogP contribution in [0.3, 0.4) is 0 Å². The molecule has 0 atom stereocenters. The Labute approximate surface area is 181 Å². The van der Waals surface area contributed by atoms with E-state index >= 15 is 0 Å². The average molecular weight is 423 g/mol. The fourth-order valence-electron chi connectivity index (χ4n) is 4.12. The molecule has 1 N–H and O–H groups in total. The van der Waals surface area contributed by atoms with E-state index in [-0.39, 0.29) is 17.1 Å². The summed E-state index contributed by atoms with van der Waals surface area (Å²) in [7, 11) is 1.64. The Morgan fingerprint density at radius 2 is 1.90 bits per heavy atom. The maximum absolute atomic E-state index is 14.2. The molecule has 2 heterocycles. The standard InChI is InChI=1S/C24H26FN3O3/c1-17-20(15-27-28(17)22-6-4-3-5-21(22)25)23(29)26-16-24(11-13-31-14-12-24)18-7-9-19(30-2)10-8-18/h3-10,15H,11-14,16H2,1-2H3,(H,26,29). The van der Waals surface area contributed by atoms with Gasteiger partial charge in [0, 0.05) is 25.2 Å². The van der Waals surface area contributed by atoms with Crippen molar-refractivity contribution in [2.24, 2.45) is 0 Å². The second-order valence-corrected chi connectivity index (χ2v) is 7.81. The average Bonchev–Trinajstić information content (AvgIpc) is 3.19. The van der Waals surface area contributed by atoms with Gasteiger partial charge in [0.1, 0.15) is 17.3 Å². The van der Waals surface area contributed by atoms with Crippen LogP contribution >= 0.6 is 0 Å². The van der Waals surface area contributed by atoms with E-state index in [0.29, 0.717) is 36.7 Å². The number of methoxy groups -OCH3 is 1. The second kappa shape index (κ2) is 8.89. The Morgan fingerprint density at radius 1 is 1.19 bits per heavy atom. The normalized spacial score (nSPS) is 15.5. The zero-order valence-electron chi connectivity index (χ0n) is 17.7. The first kappa shape index (κ1) is 21.1. The molecule has 4 rings (SSSR count). The van der Waals surface area contributed by atoms with Gasteiger partial charge in [-0.2, -0.15) is 5.10 Å². The molecule has 1 fully saturated rings. The molecule has 0 aliphatic carbocycles. The highest BCUT2D eigenvalue weighted by Crippen LogP contribution is 2.35. The zero-order chi connectivity index (χ0) is 21.8. The SMILES string of the molecule is COc1ccc(C2(CNC(=O)c3cnn(-c4ccccc4F)c3C)CCOCC2)cc1. The van der Waals surface area contributed by atoms with Crippen molar-refractivity contribution in [3.8, 4) is 11.4 Å². The van der Waals surface area contributed by atoms with E-state index in [2.05, 4.69) is 22.5 Å². The van der Waals surface area contributed by atoms with Gasteiger partial charge < -0.3 is 14.8 Å². The minimum atomic E-state index is -0.388. The number of hydrogen-bond donors (Lipinski definition) is 1. The van der Waals surface area contributed by atoms with Crippen LogP contribution in [0.2, 0.25) is 0 Å². The third kappa shape index (κ3) is 4.18. The summed E-state index contributed by atoms with van der Waals surface area (Å²) in [5.74, 6) is 0.187. The van der Waals surface area contributed by atoms with Crippen molar-refractivity contribution in [2.45, 2.75) is 25.2 Å². The lowest BCUT2D eigenvalue weighted by Gasteiger charge is -2.38. The van der Waals surface area contributed by atoms with E-state index in [9.17, 15) is 9.18 Å². The first-order valence-corrected chi connectivity index (χ1v) is 10.3. The molecule has 1 aliphatic rings. The minimum absolute atomic E-state index is 0.213. The number of hydrogen-bond acceptors (Lipinski definition) is 4. The van der Waals surface area contributed by atoms with Crippen molar-refractivity contribution >= 4 is 5.91 Å². The van der Waals surface area contributed by atoms with Gasteiger partial charge >= 0.3 is 0 Å². The monoisotopic (exact) mass is 423 g/mol. The summed E-state index contributed by atoms with van der Waals surface area (Å²) in [5, 5.41) is 7.32. The number of amides is 1. The molecular formula is C24H26FN3O3. The lowest BCUT2D eigenvalue weighted by molar-refractivity contribution is 0.0487. The van der Waals surface area contributed by atoms with Gasteiger partial charge in [0.15, 0.2) is 0 Å². The van der Waals surface area contributed by atoms with Crippen LogP contribution in [0.25, 0.3) is 5.69 Å². The summed E-state index contributed by atoms with van der Waals surface area (Å²) in [6, 6.07) is 14.4. The van der Waals surface area contributed by atoms with E-state index in [1.807, 2.05) is 12.1 Å². The van der Waals surface area contributed by atoms with Gasteiger partial charge in [-0.3, -0.25) is 4.79 Å². The molecular weight excluding hydrogens is 397 g/mol. The fraction of sp³-hybridized carbons (Fsp3) is 0.333. The molecule has 31 heavy (non-hydrogen) atoms. The summed E-state index contributed by atoms with van der Waals surface area (Å²) in [6.07, 6.45) is 3.11. The van der Waals surface area contributed by atoms with Gasteiger partial charge in [-0.05, 0) is 49.6 Å². The van der Waals surface area contributed by atoms with Crippen molar-refractivity contribution < 1.29 is 18.7 Å². The third-order valence-corrected chi connectivity index (χ3v) is 6.07. The van der Waals surface area contributed by atoms with Crippen LogP contribution in [0.15, 0.2) is 54.7 Å². The molecule has 3 aromatic rings. The van der Waals surface area contributed by atoms with E-state index in [0.717, 1.165) is 24.2 Å². The van der Waals surface area contributed by atoms with Crippen LogP contribution in [0.5, 0.6) is 5.75 Å². The molecule has 1 saturated heterocycles. The summed E-state index contributed by atoms with van der Waals surface area (Å²) >= 11 is 0. The molecule has 0 radical (unpaired) electrons. The highest BCUT2D eigenvalue weighted by Gasteiger charge is 2.35. The predicted molar refractivity (Wildman–Crippen MR) is 115 cm³/mol. The number of nitrogens with zero attached hydrogens (tertiary/aromatic N) is 2. The molecule has 1 aromatic heterocycles. The van der Waals surface area contributed by atoms with E-state index in [1.165, 1.54) is 16.9 Å². The third-order valence-electron chi connectivity index (χ3n) is 6.07. The molecule has 1 aliphatic heterocycles. The number of aromatic nitrogens is 2. The molecule has 1 amide bonds. The number of halogens is 1. The van der Waals surface area contributed by atoms with Gasteiger partial charge in [0.25, 0.3) is 5.91 Å². The van der Waals surface area contributed by atoms with Crippen LogP contribution < -0.4 is 10.1 Å². The quantitative estimate of drug-likeness (QED) is 0.655. The van der Waals surface area contributed by atoms with Gasteiger partial charge in [-0.1, -0.05) is 24.3 Å². The zero-order valence-corrected chi connectivity index (χ0v) is 17.7. The number of rotatable bonds is 6.